The summed E-state index contributed by atoms with van der Waals surface area (Å²) in [5.41, 5.74) is 0.804. The van der Waals surface area contributed by atoms with Crippen LogP contribution in [-0.4, -0.2) is 27.5 Å². The van der Waals surface area contributed by atoms with Gasteiger partial charge in [-0.15, -0.1) is 11.3 Å². The summed E-state index contributed by atoms with van der Waals surface area (Å²) in [6.45, 7) is 6.85. The van der Waals surface area contributed by atoms with Crippen molar-refractivity contribution in [3.63, 3.8) is 0 Å². The Kier molecular flexibility index (Phi) is 5.60. The highest BCUT2D eigenvalue weighted by Crippen LogP contribution is 2.28. The van der Waals surface area contributed by atoms with Crippen LogP contribution in [0.5, 0.6) is 0 Å². The van der Waals surface area contributed by atoms with Gasteiger partial charge in [-0.25, -0.2) is 9.78 Å². The highest BCUT2D eigenvalue weighted by atomic mass is 32.1. The van der Waals surface area contributed by atoms with Crippen LogP contribution < -0.4 is 10.9 Å². The van der Waals surface area contributed by atoms with Gasteiger partial charge in [0.15, 0.2) is 0 Å². The number of carbonyl (C=O) groups excluding carboxylic acids is 2. The Hall–Kier alpha value is -3.00. The molecule has 146 valence electrons. The number of thiophene rings is 1. The van der Waals surface area contributed by atoms with Gasteiger partial charge in [-0.2, -0.15) is 0 Å². The van der Waals surface area contributed by atoms with E-state index in [2.05, 4.69) is 10.3 Å². The second-order valence-corrected chi connectivity index (χ2v) is 7.68. The van der Waals surface area contributed by atoms with Gasteiger partial charge in [0.2, 0.25) is 5.91 Å². The van der Waals surface area contributed by atoms with E-state index in [0.29, 0.717) is 26.3 Å². The Labute approximate surface area is 166 Å². The summed E-state index contributed by atoms with van der Waals surface area (Å²) in [5, 5.41) is 3.11. The number of aromatic nitrogens is 2. The van der Waals surface area contributed by atoms with Gasteiger partial charge in [-0.1, -0.05) is 18.2 Å². The molecular weight excluding hydrogens is 378 g/mol. The number of ether oxygens (including phenoxy) is 1. The van der Waals surface area contributed by atoms with Crippen LogP contribution in [-0.2, 0) is 9.53 Å². The van der Waals surface area contributed by atoms with Crippen LogP contribution in [0.25, 0.3) is 10.2 Å². The number of hydrogen-bond acceptors (Lipinski definition) is 6. The van der Waals surface area contributed by atoms with Crippen molar-refractivity contribution in [1.29, 1.82) is 0 Å². The summed E-state index contributed by atoms with van der Waals surface area (Å²) >= 11 is 1.12. The molecule has 2 aromatic heterocycles. The van der Waals surface area contributed by atoms with Crippen molar-refractivity contribution in [2.75, 3.05) is 5.32 Å². The molecule has 2 heterocycles. The lowest BCUT2D eigenvalue weighted by molar-refractivity contribution is -0.118. The molecule has 1 N–H and O–H groups in total. The largest absolute Gasteiger partial charge is 0.459 e. The number of anilines is 1. The molecule has 0 fully saturated rings. The molecule has 0 unspecified atom stereocenters. The molecule has 3 aromatic rings. The number of hydrogen-bond donors (Lipinski definition) is 1. The van der Waals surface area contributed by atoms with Crippen molar-refractivity contribution in [2.45, 2.75) is 39.8 Å². The zero-order valence-corrected chi connectivity index (χ0v) is 16.9. The molecule has 0 saturated carbocycles. The highest BCUT2D eigenvalue weighted by molar-refractivity contribution is 7.20. The van der Waals surface area contributed by atoms with Crippen molar-refractivity contribution < 1.29 is 14.3 Å². The SMILES string of the molecule is Cc1c(C(=O)OC(C)C)sc2ncn([C@@H](C)C(=O)Nc3ccccc3)c(=O)c12. The summed E-state index contributed by atoms with van der Waals surface area (Å²) in [4.78, 5) is 42.9. The van der Waals surface area contributed by atoms with Gasteiger partial charge >= 0.3 is 5.97 Å². The van der Waals surface area contributed by atoms with E-state index in [4.69, 9.17) is 4.74 Å². The molecular formula is C20H21N3O4S. The zero-order chi connectivity index (χ0) is 20.4. The smallest absolute Gasteiger partial charge is 0.348 e. The number of rotatable bonds is 5. The molecule has 0 saturated heterocycles. The summed E-state index contributed by atoms with van der Waals surface area (Å²) in [5.74, 6) is -0.807. The lowest BCUT2D eigenvalue weighted by Crippen LogP contribution is -2.31. The topological polar surface area (TPSA) is 90.3 Å². The maximum Gasteiger partial charge on any atom is 0.348 e. The number of benzene rings is 1. The predicted molar refractivity (Wildman–Crippen MR) is 109 cm³/mol. The molecule has 7 nitrogen and oxygen atoms in total. The molecule has 1 amide bonds. The van der Waals surface area contributed by atoms with E-state index in [1.165, 1.54) is 10.9 Å². The number of esters is 1. The maximum atomic E-state index is 13.0. The van der Waals surface area contributed by atoms with Crippen LogP contribution in [0.1, 0.15) is 42.0 Å². The van der Waals surface area contributed by atoms with Crippen molar-refractivity contribution in [1.82, 2.24) is 9.55 Å². The molecule has 0 aliphatic rings. The number of aryl methyl sites for hydroxylation is 1. The molecule has 0 aliphatic heterocycles. The average Bonchev–Trinajstić information content (AvgIpc) is 2.99. The lowest BCUT2D eigenvalue weighted by atomic mass is 10.2. The Morgan fingerprint density at radius 2 is 1.86 bits per heavy atom. The Morgan fingerprint density at radius 3 is 2.50 bits per heavy atom. The van der Waals surface area contributed by atoms with E-state index < -0.39 is 12.0 Å². The number of carbonyl (C=O) groups is 2. The molecule has 1 atom stereocenters. The van der Waals surface area contributed by atoms with E-state index in [9.17, 15) is 14.4 Å². The van der Waals surface area contributed by atoms with Crippen LogP contribution in [0.4, 0.5) is 5.69 Å². The molecule has 0 aliphatic carbocycles. The van der Waals surface area contributed by atoms with Crippen molar-refractivity contribution in [3.8, 4) is 0 Å². The fraction of sp³-hybridized carbons (Fsp3) is 0.300. The van der Waals surface area contributed by atoms with Gasteiger partial charge < -0.3 is 10.1 Å². The first-order valence-electron chi connectivity index (χ1n) is 8.86. The van der Waals surface area contributed by atoms with Crippen molar-refractivity contribution in [3.05, 3.63) is 57.5 Å². The number of nitrogens with one attached hydrogen (secondary N) is 1. The predicted octanol–water partition coefficient (Wildman–Crippen LogP) is 3.53. The van der Waals surface area contributed by atoms with Gasteiger partial charge in [-0.05, 0) is 45.4 Å². The van der Waals surface area contributed by atoms with Gasteiger partial charge in [0.05, 0.1) is 17.8 Å². The third-order valence-corrected chi connectivity index (χ3v) is 5.42. The minimum atomic E-state index is -0.769. The van der Waals surface area contributed by atoms with Gasteiger partial charge in [-0.3, -0.25) is 14.2 Å². The normalized spacial score (nSPS) is 12.2. The summed E-state index contributed by atoms with van der Waals surface area (Å²) < 4.78 is 6.52. The van der Waals surface area contributed by atoms with Crippen LogP contribution >= 0.6 is 11.3 Å². The van der Waals surface area contributed by atoms with Crippen LogP contribution in [0.2, 0.25) is 0 Å². The van der Waals surface area contributed by atoms with E-state index in [0.717, 1.165) is 11.3 Å². The molecule has 1 aromatic carbocycles. The molecule has 8 heteroatoms. The molecule has 28 heavy (non-hydrogen) atoms. The van der Waals surface area contributed by atoms with Crippen molar-refractivity contribution >= 4 is 39.1 Å². The summed E-state index contributed by atoms with van der Waals surface area (Å²) in [6.07, 6.45) is 1.08. The summed E-state index contributed by atoms with van der Waals surface area (Å²) in [7, 11) is 0. The Balaban J connectivity index is 1.95. The van der Waals surface area contributed by atoms with Crippen LogP contribution in [0.3, 0.4) is 0 Å². The minimum absolute atomic E-state index is 0.261. The fourth-order valence-corrected chi connectivity index (χ4v) is 3.79. The third kappa shape index (κ3) is 3.82. The standard InChI is InChI=1S/C20H21N3O4S/c1-11(2)27-20(26)16-12(3)15-18(28-16)21-10-23(19(15)25)13(4)17(24)22-14-8-6-5-7-9-14/h5-11,13H,1-4H3,(H,22,24)/t13-/m0/s1. The number of fused-ring (bicyclic) bond motifs is 1. The third-order valence-electron chi connectivity index (χ3n) is 4.24. The Bertz CT molecular complexity index is 1090. The summed E-state index contributed by atoms with van der Waals surface area (Å²) in [6, 6.07) is 8.24. The molecule has 0 radical (unpaired) electrons. The number of nitrogens with zero attached hydrogens (tertiary/aromatic N) is 2. The monoisotopic (exact) mass is 399 g/mol. The Morgan fingerprint density at radius 1 is 1.18 bits per heavy atom. The maximum absolute atomic E-state index is 13.0. The van der Waals surface area contributed by atoms with Crippen molar-refractivity contribution in [2.24, 2.45) is 0 Å². The second kappa shape index (κ2) is 7.93. The molecule has 3 rings (SSSR count). The number of amides is 1. The van der Waals surface area contributed by atoms with Gasteiger partial charge in [0, 0.05) is 5.69 Å². The molecule has 0 spiro atoms. The molecule has 0 bridgehead atoms. The quantitative estimate of drug-likeness (QED) is 0.663. The van der Waals surface area contributed by atoms with E-state index >= 15 is 0 Å². The first-order valence-corrected chi connectivity index (χ1v) is 9.68. The first-order chi connectivity index (χ1) is 13.3. The second-order valence-electron chi connectivity index (χ2n) is 6.68. The van der Waals surface area contributed by atoms with E-state index in [-0.39, 0.29) is 17.6 Å². The zero-order valence-electron chi connectivity index (χ0n) is 16.1. The van der Waals surface area contributed by atoms with Gasteiger partial charge in [0.1, 0.15) is 15.7 Å². The fourth-order valence-electron chi connectivity index (χ4n) is 2.77. The van der Waals surface area contributed by atoms with E-state index in [1.807, 2.05) is 18.2 Å². The lowest BCUT2D eigenvalue weighted by Gasteiger charge is -2.15. The highest BCUT2D eigenvalue weighted by Gasteiger charge is 2.24. The average molecular weight is 399 g/mol. The minimum Gasteiger partial charge on any atom is -0.459 e. The van der Waals surface area contributed by atoms with E-state index in [1.54, 1.807) is 39.8 Å². The first kappa shape index (κ1) is 19.8. The van der Waals surface area contributed by atoms with Gasteiger partial charge in [0.25, 0.3) is 5.56 Å². The number of para-hydroxylation sites is 1. The van der Waals surface area contributed by atoms with Crippen LogP contribution in [0, 0.1) is 6.92 Å². The van der Waals surface area contributed by atoms with Crippen LogP contribution in [0.15, 0.2) is 41.5 Å².